The Labute approximate surface area is 156 Å². The highest BCUT2D eigenvalue weighted by atomic mass is 35.5. The first-order valence-corrected chi connectivity index (χ1v) is 9.20. The molecule has 3 aromatic rings. The second-order valence-electron chi connectivity index (χ2n) is 5.58. The van der Waals surface area contributed by atoms with Gasteiger partial charge in [-0.3, -0.25) is 4.79 Å². The Balaban J connectivity index is 1.73. The number of carbonyl (C=O) groups excluding carboxylic acids is 1. The highest BCUT2D eigenvalue weighted by molar-refractivity contribution is 7.10. The third kappa shape index (κ3) is 4.62. The maximum Gasteiger partial charge on any atom is 0.261 e. The van der Waals surface area contributed by atoms with Crippen LogP contribution in [0.1, 0.15) is 23.4 Å². The van der Waals surface area contributed by atoms with E-state index in [-0.39, 0.29) is 11.9 Å². The Morgan fingerprint density at radius 3 is 2.40 bits per heavy atom. The summed E-state index contributed by atoms with van der Waals surface area (Å²) in [6.07, 6.45) is -0.618. The van der Waals surface area contributed by atoms with Gasteiger partial charge in [0, 0.05) is 9.90 Å². The van der Waals surface area contributed by atoms with Crippen molar-refractivity contribution in [1.82, 2.24) is 5.32 Å². The second-order valence-corrected chi connectivity index (χ2v) is 7.00. The van der Waals surface area contributed by atoms with Crippen LogP contribution >= 0.6 is 22.9 Å². The van der Waals surface area contributed by atoms with Gasteiger partial charge in [-0.25, -0.2) is 0 Å². The molecule has 0 radical (unpaired) electrons. The lowest BCUT2D eigenvalue weighted by Crippen LogP contribution is -2.38. The summed E-state index contributed by atoms with van der Waals surface area (Å²) in [7, 11) is 0. The normalized spacial score (nSPS) is 13.0. The summed E-state index contributed by atoms with van der Waals surface area (Å²) < 4.78 is 5.72. The van der Waals surface area contributed by atoms with Gasteiger partial charge in [-0.15, -0.1) is 11.3 Å². The summed E-state index contributed by atoms with van der Waals surface area (Å²) in [5.41, 5.74) is 1.04. The van der Waals surface area contributed by atoms with Crippen molar-refractivity contribution in [1.29, 1.82) is 0 Å². The fourth-order valence-corrected chi connectivity index (χ4v) is 3.38. The summed E-state index contributed by atoms with van der Waals surface area (Å²) in [4.78, 5) is 13.7. The minimum atomic E-state index is -0.618. The van der Waals surface area contributed by atoms with E-state index in [1.54, 1.807) is 42.5 Å². The lowest BCUT2D eigenvalue weighted by Gasteiger charge is -2.21. The minimum Gasteiger partial charge on any atom is -0.481 e. The topological polar surface area (TPSA) is 38.3 Å². The standard InChI is InChI=1S/C20H18ClNO2S/c1-14(24-17-11-9-16(21)10-12-17)20(23)22-19(18-8-5-13-25-18)15-6-3-2-4-7-15/h2-14,19H,1H3,(H,22,23)/t14-,19-/m1/s1. The Bertz CT molecular complexity index is 803. The van der Waals surface area contributed by atoms with Gasteiger partial charge in [0.05, 0.1) is 6.04 Å². The molecule has 128 valence electrons. The van der Waals surface area contributed by atoms with E-state index in [0.717, 1.165) is 10.4 Å². The fraction of sp³-hybridized carbons (Fsp3) is 0.150. The molecular weight excluding hydrogens is 354 g/mol. The summed E-state index contributed by atoms with van der Waals surface area (Å²) in [6.45, 7) is 1.74. The summed E-state index contributed by atoms with van der Waals surface area (Å²) in [5.74, 6) is 0.441. The molecule has 2 aromatic carbocycles. The Morgan fingerprint density at radius 2 is 1.76 bits per heavy atom. The van der Waals surface area contributed by atoms with Crippen LogP contribution in [0.4, 0.5) is 0 Å². The van der Waals surface area contributed by atoms with E-state index in [4.69, 9.17) is 16.3 Å². The fourth-order valence-electron chi connectivity index (χ4n) is 2.45. The zero-order valence-corrected chi connectivity index (χ0v) is 15.3. The van der Waals surface area contributed by atoms with E-state index in [2.05, 4.69) is 5.32 Å². The lowest BCUT2D eigenvalue weighted by molar-refractivity contribution is -0.127. The molecule has 1 heterocycles. The van der Waals surface area contributed by atoms with Gasteiger partial charge in [-0.2, -0.15) is 0 Å². The van der Waals surface area contributed by atoms with E-state index in [9.17, 15) is 4.79 Å². The Hall–Kier alpha value is -2.30. The van der Waals surface area contributed by atoms with Gasteiger partial charge in [-0.05, 0) is 48.2 Å². The largest absolute Gasteiger partial charge is 0.481 e. The summed E-state index contributed by atoms with van der Waals surface area (Å²) in [5, 5.41) is 5.72. The highest BCUT2D eigenvalue weighted by Crippen LogP contribution is 2.26. The van der Waals surface area contributed by atoms with Crippen LogP contribution in [0.15, 0.2) is 72.1 Å². The monoisotopic (exact) mass is 371 g/mol. The number of hydrogen-bond acceptors (Lipinski definition) is 3. The first-order valence-electron chi connectivity index (χ1n) is 7.94. The molecule has 0 fully saturated rings. The van der Waals surface area contributed by atoms with E-state index < -0.39 is 6.10 Å². The maximum absolute atomic E-state index is 12.6. The molecular formula is C20H18ClNO2S. The molecule has 1 amide bonds. The van der Waals surface area contributed by atoms with Crippen molar-refractivity contribution in [3.05, 3.63) is 87.6 Å². The summed E-state index contributed by atoms with van der Waals surface area (Å²) >= 11 is 7.49. The van der Waals surface area contributed by atoms with E-state index in [0.29, 0.717) is 10.8 Å². The van der Waals surface area contributed by atoms with E-state index in [1.807, 2.05) is 47.8 Å². The van der Waals surface area contributed by atoms with E-state index >= 15 is 0 Å². The molecule has 1 N–H and O–H groups in total. The van der Waals surface area contributed by atoms with E-state index in [1.165, 1.54) is 0 Å². The second kappa shape index (κ2) is 8.19. The molecule has 0 aliphatic rings. The maximum atomic E-state index is 12.6. The van der Waals surface area contributed by atoms with Crippen LogP contribution in [0, 0.1) is 0 Å². The van der Waals surface area contributed by atoms with Crippen molar-refractivity contribution in [2.75, 3.05) is 0 Å². The third-order valence-corrected chi connectivity index (χ3v) is 4.93. The number of amides is 1. The quantitative estimate of drug-likeness (QED) is 0.656. The smallest absolute Gasteiger partial charge is 0.261 e. The number of hydrogen-bond donors (Lipinski definition) is 1. The first-order chi connectivity index (χ1) is 12.1. The number of thiophene rings is 1. The average molecular weight is 372 g/mol. The van der Waals surface area contributed by atoms with Crippen molar-refractivity contribution in [3.63, 3.8) is 0 Å². The molecule has 3 rings (SSSR count). The number of halogens is 1. The minimum absolute atomic E-state index is 0.169. The zero-order valence-electron chi connectivity index (χ0n) is 13.7. The number of carbonyl (C=O) groups is 1. The molecule has 0 saturated heterocycles. The van der Waals surface area contributed by atoms with Gasteiger partial charge >= 0.3 is 0 Å². The number of benzene rings is 2. The molecule has 3 nitrogen and oxygen atoms in total. The molecule has 5 heteroatoms. The molecule has 2 atom stereocenters. The number of ether oxygens (including phenoxy) is 1. The first kappa shape index (κ1) is 17.5. The van der Waals surface area contributed by atoms with Crippen molar-refractivity contribution < 1.29 is 9.53 Å². The van der Waals surface area contributed by atoms with Gasteiger partial charge in [0.15, 0.2) is 6.10 Å². The molecule has 0 saturated carbocycles. The van der Waals surface area contributed by atoms with Crippen LogP contribution in [0.2, 0.25) is 5.02 Å². The van der Waals surface area contributed by atoms with Crippen molar-refractivity contribution in [2.24, 2.45) is 0 Å². The van der Waals surface area contributed by atoms with Crippen molar-refractivity contribution in [3.8, 4) is 5.75 Å². The van der Waals surface area contributed by atoms with Crippen LogP contribution in [0.3, 0.4) is 0 Å². The lowest BCUT2D eigenvalue weighted by atomic mass is 10.1. The molecule has 0 bridgehead atoms. The third-order valence-electron chi connectivity index (χ3n) is 3.74. The van der Waals surface area contributed by atoms with Crippen molar-refractivity contribution in [2.45, 2.75) is 19.1 Å². The average Bonchev–Trinajstić information content (AvgIpc) is 3.16. The van der Waals surface area contributed by atoms with Crippen LogP contribution in [-0.4, -0.2) is 12.0 Å². The Kier molecular flexibility index (Phi) is 5.74. The van der Waals surface area contributed by atoms with Crippen LogP contribution in [0.5, 0.6) is 5.75 Å². The van der Waals surface area contributed by atoms with Gasteiger partial charge in [-0.1, -0.05) is 48.0 Å². The molecule has 1 aromatic heterocycles. The summed E-state index contributed by atoms with van der Waals surface area (Å²) in [6, 6.07) is 20.7. The predicted molar refractivity (Wildman–Crippen MR) is 102 cm³/mol. The zero-order chi connectivity index (χ0) is 17.6. The van der Waals surface area contributed by atoms with Gasteiger partial charge in [0.2, 0.25) is 0 Å². The SMILES string of the molecule is C[C@@H](Oc1ccc(Cl)cc1)C(=O)N[C@H](c1ccccc1)c1cccs1. The van der Waals surface area contributed by atoms with Gasteiger partial charge in [0.1, 0.15) is 5.75 Å². The highest BCUT2D eigenvalue weighted by Gasteiger charge is 2.22. The van der Waals surface area contributed by atoms with Gasteiger partial charge < -0.3 is 10.1 Å². The molecule has 0 unspecified atom stereocenters. The Morgan fingerprint density at radius 1 is 1.04 bits per heavy atom. The van der Waals surface area contributed by atoms with Gasteiger partial charge in [0.25, 0.3) is 5.91 Å². The number of rotatable bonds is 6. The molecule has 0 aliphatic carbocycles. The van der Waals surface area contributed by atoms with Crippen LogP contribution in [0.25, 0.3) is 0 Å². The molecule has 25 heavy (non-hydrogen) atoms. The number of nitrogens with one attached hydrogen (secondary N) is 1. The van der Waals surface area contributed by atoms with Crippen LogP contribution < -0.4 is 10.1 Å². The predicted octanol–water partition coefficient (Wildman–Crippen LogP) is 5.07. The van der Waals surface area contributed by atoms with Crippen LogP contribution in [-0.2, 0) is 4.79 Å². The molecule has 0 aliphatic heterocycles. The molecule has 0 spiro atoms. The van der Waals surface area contributed by atoms with Crippen molar-refractivity contribution >= 4 is 28.8 Å².